The molecule has 0 radical (unpaired) electrons. The van der Waals surface area contributed by atoms with Gasteiger partial charge in [0.05, 0.1) is 10.6 Å². The van der Waals surface area contributed by atoms with Crippen molar-refractivity contribution in [1.29, 1.82) is 0 Å². The highest BCUT2D eigenvalue weighted by molar-refractivity contribution is 6.33. The summed E-state index contributed by atoms with van der Waals surface area (Å²) in [5, 5.41) is 9.10. The first-order valence-electron chi connectivity index (χ1n) is 4.80. The number of benzene rings is 1. The van der Waals surface area contributed by atoms with E-state index in [2.05, 4.69) is 4.98 Å². The van der Waals surface area contributed by atoms with E-state index in [-0.39, 0.29) is 16.0 Å². The molecule has 0 fully saturated rings. The summed E-state index contributed by atoms with van der Waals surface area (Å²) in [7, 11) is 0. The van der Waals surface area contributed by atoms with Crippen LogP contribution in [0.2, 0.25) is 5.02 Å². The zero-order valence-electron chi connectivity index (χ0n) is 8.61. The summed E-state index contributed by atoms with van der Waals surface area (Å²) in [6.07, 6.45) is 1.51. The quantitative estimate of drug-likeness (QED) is 0.859. The Morgan fingerprint density at radius 3 is 2.65 bits per heavy atom. The first-order chi connectivity index (χ1) is 8.08. The normalized spacial score (nSPS) is 10.2. The van der Waals surface area contributed by atoms with Crippen LogP contribution in [-0.2, 0) is 0 Å². The van der Waals surface area contributed by atoms with Gasteiger partial charge in [-0.3, -0.25) is 4.79 Å². The van der Waals surface area contributed by atoms with Gasteiger partial charge in [-0.25, -0.2) is 4.79 Å². The second-order valence-corrected chi connectivity index (χ2v) is 3.85. The molecule has 0 atom stereocenters. The predicted molar refractivity (Wildman–Crippen MR) is 64.5 cm³/mol. The summed E-state index contributed by atoms with van der Waals surface area (Å²) in [5.74, 6) is -1.10. The van der Waals surface area contributed by atoms with E-state index in [1.54, 1.807) is 6.07 Å². The monoisotopic (exact) mass is 249 g/mol. The SMILES string of the molecule is O=C(O)c1cc(-c2cc(=O)cc[nH]2)ccc1Cl. The van der Waals surface area contributed by atoms with Gasteiger partial charge in [-0.2, -0.15) is 0 Å². The van der Waals surface area contributed by atoms with E-state index < -0.39 is 5.97 Å². The molecule has 0 aliphatic rings. The summed E-state index contributed by atoms with van der Waals surface area (Å²) in [4.78, 5) is 25.0. The van der Waals surface area contributed by atoms with Crippen molar-refractivity contribution in [3.05, 3.63) is 57.3 Å². The molecule has 0 saturated heterocycles. The highest BCUT2D eigenvalue weighted by Crippen LogP contribution is 2.23. The summed E-state index contributed by atoms with van der Waals surface area (Å²) < 4.78 is 0. The van der Waals surface area contributed by atoms with Crippen molar-refractivity contribution in [1.82, 2.24) is 4.98 Å². The first kappa shape index (κ1) is 11.4. The van der Waals surface area contributed by atoms with Gasteiger partial charge in [0.2, 0.25) is 0 Å². The molecule has 1 aromatic heterocycles. The van der Waals surface area contributed by atoms with E-state index in [1.807, 2.05) is 0 Å². The van der Waals surface area contributed by atoms with E-state index in [0.29, 0.717) is 11.3 Å². The Morgan fingerprint density at radius 1 is 1.24 bits per heavy atom. The molecule has 4 nitrogen and oxygen atoms in total. The number of carboxylic acids is 1. The van der Waals surface area contributed by atoms with Crippen molar-refractivity contribution in [2.24, 2.45) is 0 Å². The van der Waals surface area contributed by atoms with E-state index in [0.717, 1.165) is 0 Å². The number of H-pyrrole nitrogens is 1. The lowest BCUT2D eigenvalue weighted by Crippen LogP contribution is -2.00. The van der Waals surface area contributed by atoms with Gasteiger partial charge in [-0.15, -0.1) is 0 Å². The van der Waals surface area contributed by atoms with Crippen LogP contribution in [0.1, 0.15) is 10.4 Å². The molecule has 1 aromatic carbocycles. The van der Waals surface area contributed by atoms with Crippen molar-refractivity contribution in [2.45, 2.75) is 0 Å². The largest absolute Gasteiger partial charge is 0.478 e. The predicted octanol–water partition coefficient (Wildman–Crippen LogP) is 2.39. The van der Waals surface area contributed by atoms with Gasteiger partial charge < -0.3 is 10.1 Å². The molecule has 2 N–H and O–H groups in total. The molecule has 2 rings (SSSR count). The fourth-order valence-electron chi connectivity index (χ4n) is 1.47. The maximum Gasteiger partial charge on any atom is 0.337 e. The van der Waals surface area contributed by atoms with Gasteiger partial charge in [0.25, 0.3) is 0 Å². The maximum atomic E-state index is 11.2. The minimum absolute atomic E-state index is 0.00821. The lowest BCUT2D eigenvalue weighted by atomic mass is 10.1. The van der Waals surface area contributed by atoms with Gasteiger partial charge in [-0.05, 0) is 17.7 Å². The third-order valence-corrected chi connectivity index (χ3v) is 2.61. The number of pyridine rings is 1. The Bertz CT molecular complexity index is 634. The molecule has 2 aromatic rings. The van der Waals surface area contributed by atoms with Crippen molar-refractivity contribution in [2.75, 3.05) is 0 Å². The Kier molecular flexibility index (Phi) is 2.97. The second kappa shape index (κ2) is 4.43. The van der Waals surface area contributed by atoms with Crippen LogP contribution in [0, 0.1) is 0 Å². The lowest BCUT2D eigenvalue weighted by molar-refractivity contribution is 0.0697. The smallest absolute Gasteiger partial charge is 0.337 e. The number of aromatic nitrogens is 1. The number of halogens is 1. The summed E-state index contributed by atoms with van der Waals surface area (Å²) >= 11 is 5.76. The molecular weight excluding hydrogens is 242 g/mol. The molecule has 86 valence electrons. The Balaban J connectivity index is 2.57. The topological polar surface area (TPSA) is 70.2 Å². The first-order valence-corrected chi connectivity index (χ1v) is 5.17. The standard InChI is InChI=1S/C12H8ClNO3/c13-10-2-1-7(5-9(10)12(16)17)11-6-8(15)3-4-14-11/h1-6H,(H,14,15)(H,16,17). The minimum Gasteiger partial charge on any atom is -0.478 e. The van der Waals surface area contributed by atoms with Gasteiger partial charge in [0.15, 0.2) is 5.43 Å². The van der Waals surface area contributed by atoms with E-state index in [9.17, 15) is 9.59 Å². The fraction of sp³-hybridized carbons (Fsp3) is 0. The number of hydrogen-bond acceptors (Lipinski definition) is 2. The molecule has 0 bridgehead atoms. The van der Waals surface area contributed by atoms with Gasteiger partial charge in [-0.1, -0.05) is 17.7 Å². The Morgan fingerprint density at radius 2 is 2.00 bits per heavy atom. The highest BCUT2D eigenvalue weighted by Gasteiger charge is 2.10. The molecule has 0 aliphatic heterocycles. The molecule has 17 heavy (non-hydrogen) atoms. The number of carboxylic acid groups (broad SMARTS) is 1. The van der Waals surface area contributed by atoms with Gasteiger partial charge in [0.1, 0.15) is 0 Å². The summed E-state index contributed by atoms with van der Waals surface area (Å²) in [6, 6.07) is 7.36. The molecule has 1 heterocycles. The molecular formula is C12H8ClNO3. The fourth-order valence-corrected chi connectivity index (χ4v) is 1.67. The number of hydrogen-bond donors (Lipinski definition) is 2. The van der Waals surface area contributed by atoms with Crippen LogP contribution in [-0.4, -0.2) is 16.1 Å². The summed E-state index contributed by atoms with van der Waals surface area (Å²) in [6.45, 7) is 0. The number of aromatic carboxylic acids is 1. The average molecular weight is 250 g/mol. The maximum absolute atomic E-state index is 11.2. The third-order valence-electron chi connectivity index (χ3n) is 2.28. The van der Waals surface area contributed by atoms with E-state index in [4.69, 9.17) is 16.7 Å². The average Bonchev–Trinajstić information content (AvgIpc) is 2.29. The molecule has 0 amide bonds. The van der Waals surface area contributed by atoms with Crippen molar-refractivity contribution >= 4 is 17.6 Å². The van der Waals surface area contributed by atoms with Crippen LogP contribution in [0.15, 0.2) is 41.3 Å². The zero-order valence-corrected chi connectivity index (χ0v) is 9.36. The highest BCUT2D eigenvalue weighted by atomic mass is 35.5. The second-order valence-electron chi connectivity index (χ2n) is 3.44. The molecule has 0 spiro atoms. The summed E-state index contributed by atoms with van der Waals surface area (Å²) in [5.41, 5.74) is 1.01. The van der Waals surface area contributed by atoms with Gasteiger partial charge >= 0.3 is 5.97 Å². The van der Waals surface area contributed by atoms with Crippen molar-refractivity contribution < 1.29 is 9.90 Å². The van der Waals surface area contributed by atoms with Crippen LogP contribution in [0.5, 0.6) is 0 Å². The van der Waals surface area contributed by atoms with Gasteiger partial charge in [0, 0.05) is 24.0 Å². The van der Waals surface area contributed by atoms with Crippen LogP contribution in [0.3, 0.4) is 0 Å². The molecule has 5 heteroatoms. The lowest BCUT2D eigenvalue weighted by Gasteiger charge is -2.04. The number of nitrogens with one attached hydrogen (secondary N) is 1. The minimum atomic E-state index is -1.10. The van der Waals surface area contributed by atoms with E-state index >= 15 is 0 Å². The van der Waals surface area contributed by atoms with E-state index in [1.165, 1.54) is 30.5 Å². The van der Waals surface area contributed by atoms with Crippen molar-refractivity contribution in [3.8, 4) is 11.3 Å². The molecule has 0 aliphatic carbocycles. The van der Waals surface area contributed by atoms with Crippen LogP contribution < -0.4 is 5.43 Å². The third kappa shape index (κ3) is 2.37. The number of carbonyl (C=O) groups is 1. The molecule has 0 unspecified atom stereocenters. The Hall–Kier alpha value is -2.07. The van der Waals surface area contributed by atoms with Crippen LogP contribution in [0.25, 0.3) is 11.3 Å². The van der Waals surface area contributed by atoms with Crippen LogP contribution in [0.4, 0.5) is 0 Å². The number of rotatable bonds is 2. The molecule has 0 saturated carbocycles. The number of aromatic amines is 1. The zero-order chi connectivity index (χ0) is 12.4. The Labute approximate surface area is 101 Å². The van der Waals surface area contributed by atoms with Crippen molar-refractivity contribution in [3.63, 3.8) is 0 Å². The van der Waals surface area contributed by atoms with Crippen LogP contribution >= 0.6 is 11.6 Å².